The highest BCUT2D eigenvalue weighted by Crippen LogP contribution is 2.34. The Kier molecular flexibility index (Phi) is 9.50. The van der Waals surface area contributed by atoms with Crippen molar-refractivity contribution in [2.45, 2.75) is 45.4 Å². The van der Waals surface area contributed by atoms with E-state index < -0.39 is 6.10 Å². The first-order valence-corrected chi connectivity index (χ1v) is 12.4. The zero-order valence-corrected chi connectivity index (χ0v) is 20.7. The van der Waals surface area contributed by atoms with Gasteiger partial charge in [-0.25, -0.2) is 0 Å². The maximum Gasteiger partial charge on any atom is 0.237 e. The molecule has 2 atom stereocenters. The van der Waals surface area contributed by atoms with E-state index in [9.17, 15) is 9.90 Å². The van der Waals surface area contributed by atoms with Crippen LogP contribution >= 0.6 is 11.3 Å². The number of benzene rings is 1. The van der Waals surface area contributed by atoms with Crippen LogP contribution in [0.4, 0.5) is 0 Å². The number of fused-ring (bicyclic) bond motifs is 1. The van der Waals surface area contributed by atoms with Crippen molar-refractivity contribution < 1.29 is 19.4 Å². The largest absolute Gasteiger partial charge is 0.491 e. The van der Waals surface area contributed by atoms with Gasteiger partial charge in [0.1, 0.15) is 12.4 Å². The molecule has 0 spiro atoms. The summed E-state index contributed by atoms with van der Waals surface area (Å²) >= 11 is 1.75. The fourth-order valence-electron chi connectivity index (χ4n) is 4.02. The van der Waals surface area contributed by atoms with Crippen molar-refractivity contribution in [1.82, 2.24) is 9.80 Å². The van der Waals surface area contributed by atoms with Gasteiger partial charge in [-0.1, -0.05) is 23.8 Å². The minimum absolute atomic E-state index is 0.0530. The molecule has 1 aliphatic rings. The van der Waals surface area contributed by atoms with E-state index in [1.165, 1.54) is 16.0 Å². The quantitative estimate of drug-likeness (QED) is 0.376. The molecule has 1 aromatic heterocycles. The highest BCUT2D eigenvalue weighted by Gasteiger charge is 2.33. The first kappa shape index (κ1) is 25.4. The molecule has 0 aliphatic carbocycles. The van der Waals surface area contributed by atoms with Crippen molar-refractivity contribution in [2.24, 2.45) is 0 Å². The van der Waals surface area contributed by atoms with Crippen LogP contribution in [-0.4, -0.2) is 72.4 Å². The van der Waals surface area contributed by atoms with Crippen LogP contribution in [-0.2, 0) is 16.0 Å². The first-order chi connectivity index (χ1) is 15.9. The maximum atomic E-state index is 13.5. The van der Waals surface area contributed by atoms with Crippen molar-refractivity contribution in [2.75, 3.05) is 39.5 Å². The van der Waals surface area contributed by atoms with Gasteiger partial charge >= 0.3 is 0 Å². The number of thiophene rings is 1. The molecule has 2 heterocycles. The second-order valence-corrected chi connectivity index (χ2v) is 9.78. The van der Waals surface area contributed by atoms with Gasteiger partial charge < -0.3 is 19.5 Å². The van der Waals surface area contributed by atoms with E-state index in [1.54, 1.807) is 17.4 Å². The predicted octanol–water partition coefficient (Wildman–Crippen LogP) is 3.84. The first-order valence-electron chi connectivity index (χ1n) is 11.5. The molecule has 0 saturated carbocycles. The number of aliphatic hydroxyl groups excluding tert-OH is 1. The molecular formula is C26H36N2O4S. The van der Waals surface area contributed by atoms with E-state index in [0.717, 1.165) is 12.2 Å². The van der Waals surface area contributed by atoms with Crippen molar-refractivity contribution in [3.8, 4) is 5.75 Å². The Morgan fingerprint density at radius 2 is 2.09 bits per heavy atom. The summed E-state index contributed by atoms with van der Waals surface area (Å²) in [7, 11) is 0. The van der Waals surface area contributed by atoms with Crippen molar-refractivity contribution in [3.63, 3.8) is 0 Å². The number of ether oxygens (including phenoxy) is 2. The molecule has 2 unspecified atom stereocenters. The summed E-state index contributed by atoms with van der Waals surface area (Å²) < 4.78 is 11.5. The van der Waals surface area contributed by atoms with Crippen molar-refractivity contribution in [3.05, 3.63) is 64.4 Å². The molecule has 3 rings (SSSR count). The number of aliphatic hydroxyl groups is 1. The second kappa shape index (κ2) is 12.3. The summed E-state index contributed by atoms with van der Waals surface area (Å²) in [5.74, 6) is 0.860. The van der Waals surface area contributed by atoms with Crippen LogP contribution in [0.2, 0.25) is 0 Å². The van der Waals surface area contributed by atoms with Gasteiger partial charge in [-0.15, -0.1) is 17.9 Å². The second-order valence-electron chi connectivity index (χ2n) is 8.78. The molecule has 6 nitrogen and oxygen atoms in total. The van der Waals surface area contributed by atoms with Gasteiger partial charge in [0.05, 0.1) is 31.9 Å². The van der Waals surface area contributed by atoms with Gasteiger partial charge in [0.15, 0.2) is 0 Å². The smallest absolute Gasteiger partial charge is 0.237 e. The number of rotatable bonds is 12. The summed E-state index contributed by atoms with van der Waals surface area (Å²) in [5.41, 5.74) is 2.36. The minimum Gasteiger partial charge on any atom is -0.491 e. The fourth-order valence-corrected chi connectivity index (χ4v) is 4.95. The van der Waals surface area contributed by atoms with Crippen LogP contribution in [0.3, 0.4) is 0 Å². The summed E-state index contributed by atoms with van der Waals surface area (Å²) in [6.07, 6.45) is 1.86. The summed E-state index contributed by atoms with van der Waals surface area (Å²) in [6.45, 7) is 12.1. The van der Waals surface area contributed by atoms with Gasteiger partial charge in [-0.05, 0) is 56.3 Å². The highest BCUT2D eigenvalue weighted by molar-refractivity contribution is 7.10. The Balaban J connectivity index is 1.67. The van der Waals surface area contributed by atoms with Crippen LogP contribution in [0.25, 0.3) is 0 Å². The predicted molar refractivity (Wildman–Crippen MR) is 133 cm³/mol. The van der Waals surface area contributed by atoms with Crippen molar-refractivity contribution >= 4 is 17.2 Å². The molecule has 7 heteroatoms. The highest BCUT2D eigenvalue weighted by atomic mass is 32.1. The number of nitrogens with zero attached hydrogens (tertiary/aromatic N) is 2. The number of carbonyl (C=O) groups is 1. The molecule has 1 amide bonds. The Labute approximate surface area is 201 Å². The molecule has 0 fully saturated rings. The lowest BCUT2D eigenvalue weighted by atomic mass is 10.00. The SMILES string of the molecule is C=CCOCC(O)CN(CC(=O)N1CCc2sccc2C1COc1ccc(C)cc1)C(C)C. The third kappa shape index (κ3) is 7.14. The van der Waals surface area contributed by atoms with Crippen molar-refractivity contribution in [1.29, 1.82) is 0 Å². The third-order valence-corrected chi connectivity index (χ3v) is 6.90. The Morgan fingerprint density at radius 1 is 1.33 bits per heavy atom. The summed E-state index contributed by atoms with van der Waals surface area (Å²) in [6, 6.07) is 10.1. The maximum absolute atomic E-state index is 13.5. The third-order valence-electron chi connectivity index (χ3n) is 5.90. The topological polar surface area (TPSA) is 62.2 Å². The standard InChI is InChI=1S/C26H36N2O4S/c1-5-13-31-17-21(29)15-27(19(2)3)16-26(30)28-12-10-25-23(11-14-33-25)24(28)18-32-22-8-6-20(4)7-9-22/h5-9,11,14,19,21,24,29H,1,10,12-13,15-18H2,2-4H3. The minimum atomic E-state index is -0.661. The lowest BCUT2D eigenvalue weighted by molar-refractivity contribution is -0.137. The average molecular weight is 473 g/mol. The number of aryl methyl sites for hydroxylation is 1. The molecular weight excluding hydrogens is 436 g/mol. The molecule has 0 radical (unpaired) electrons. The zero-order chi connectivity index (χ0) is 23.8. The van der Waals surface area contributed by atoms with Gasteiger partial charge in [0.25, 0.3) is 0 Å². The number of carbonyl (C=O) groups excluding carboxylic acids is 1. The molecule has 1 aliphatic heterocycles. The van der Waals surface area contributed by atoms with E-state index in [2.05, 4.69) is 18.0 Å². The lowest BCUT2D eigenvalue weighted by Gasteiger charge is -2.38. The van der Waals surface area contributed by atoms with Gasteiger partial charge in [-0.3, -0.25) is 9.69 Å². The molecule has 33 heavy (non-hydrogen) atoms. The molecule has 180 valence electrons. The van der Waals surface area contributed by atoms with Crippen LogP contribution in [0.1, 0.15) is 35.9 Å². The van der Waals surface area contributed by atoms with E-state index in [4.69, 9.17) is 9.47 Å². The number of hydrogen-bond acceptors (Lipinski definition) is 6. The van der Waals surface area contributed by atoms with Gasteiger partial charge in [0.2, 0.25) is 5.91 Å². The van der Waals surface area contributed by atoms with E-state index in [1.807, 2.05) is 54.8 Å². The normalized spacial score (nSPS) is 16.7. The number of amides is 1. The van der Waals surface area contributed by atoms with Crippen LogP contribution < -0.4 is 4.74 Å². The molecule has 1 N–H and O–H groups in total. The Bertz CT molecular complexity index is 896. The monoisotopic (exact) mass is 472 g/mol. The van der Waals surface area contributed by atoms with Crippen LogP contribution in [0.15, 0.2) is 48.4 Å². The van der Waals surface area contributed by atoms with E-state index in [0.29, 0.717) is 26.3 Å². The van der Waals surface area contributed by atoms with Gasteiger partial charge in [0, 0.05) is 24.0 Å². The molecule has 2 aromatic rings. The van der Waals surface area contributed by atoms with E-state index >= 15 is 0 Å². The Morgan fingerprint density at radius 3 is 2.79 bits per heavy atom. The van der Waals surface area contributed by atoms with Gasteiger partial charge in [-0.2, -0.15) is 0 Å². The fraction of sp³-hybridized carbons (Fsp3) is 0.500. The van der Waals surface area contributed by atoms with Crippen LogP contribution in [0.5, 0.6) is 5.75 Å². The zero-order valence-electron chi connectivity index (χ0n) is 19.9. The number of hydrogen-bond donors (Lipinski definition) is 1. The Hall–Kier alpha value is -2.19. The lowest BCUT2D eigenvalue weighted by Crippen LogP contribution is -2.49. The average Bonchev–Trinajstić information content (AvgIpc) is 3.27. The van der Waals surface area contributed by atoms with Crippen LogP contribution in [0, 0.1) is 6.92 Å². The van der Waals surface area contributed by atoms with E-state index in [-0.39, 0.29) is 31.1 Å². The molecule has 0 saturated heterocycles. The molecule has 1 aromatic carbocycles. The summed E-state index contributed by atoms with van der Waals surface area (Å²) in [4.78, 5) is 18.7. The summed E-state index contributed by atoms with van der Waals surface area (Å²) in [5, 5.41) is 12.5. The molecule has 0 bridgehead atoms.